The molecule has 0 rings (SSSR count). The summed E-state index contributed by atoms with van der Waals surface area (Å²) in [7, 11) is 0. The second kappa shape index (κ2) is 6.28. The molecule has 1 atom stereocenters. The van der Waals surface area contributed by atoms with Crippen LogP contribution in [0.5, 0.6) is 0 Å². The molecule has 0 radical (unpaired) electrons. The molecule has 0 saturated heterocycles. The summed E-state index contributed by atoms with van der Waals surface area (Å²) in [5.74, 6) is 0. The molecule has 0 aliphatic carbocycles. The summed E-state index contributed by atoms with van der Waals surface area (Å²) < 4.78 is 0. The molecule has 0 nitrogen and oxygen atoms in total. The lowest BCUT2D eigenvalue weighted by Gasteiger charge is -2.23. The van der Waals surface area contributed by atoms with Crippen LogP contribution in [-0.4, -0.2) is 0 Å². The zero-order chi connectivity index (χ0) is 9.45. The fourth-order valence-corrected chi connectivity index (χ4v) is 1.38. The van der Waals surface area contributed by atoms with E-state index in [1.807, 2.05) is 0 Å². The van der Waals surface area contributed by atoms with Gasteiger partial charge < -0.3 is 0 Å². The number of rotatable bonds is 7. The third-order valence-corrected chi connectivity index (χ3v) is 2.90. The van der Waals surface area contributed by atoms with Gasteiger partial charge in [-0.2, -0.15) is 0 Å². The van der Waals surface area contributed by atoms with Gasteiger partial charge in [-0.15, -0.1) is 6.58 Å². The summed E-state index contributed by atoms with van der Waals surface area (Å²) in [4.78, 5) is 0. The molecule has 0 spiro atoms. The average molecular weight is 168 g/mol. The quantitative estimate of drug-likeness (QED) is 0.386. The van der Waals surface area contributed by atoms with Gasteiger partial charge in [0.15, 0.2) is 0 Å². The Balaban J connectivity index is 3.51. The molecule has 0 aromatic carbocycles. The lowest BCUT2D eigenvalue weighted by atomic mass is 9.82. The number of unbranched alkanes of at least 4 members (excludes halogenated alkanes) is 3. The Morgan fingerprint density at radius 2 is 1.83 bits per heavy atom. The second-order valence-corrected chi connectivity index (χ2v) is 4.02. The van der Waals surface area contributed by atoms with E-state index in [-0.39, 0.29) is 0 Å². The van der Waals surface area contributed by atoms with E-state index in [4.69, 9.17) is 0 Å². The van der Waals surface area contributed by atoms with Crippen molar-refractivity contribution in [1.82, 2.24) is 0 Å². The first-order valence-electron chi connectivity index (χ1n) is 5.32. The van der Waals surface area contributed by atoms with Crippen LogP contribution in [0.1, 0.15) is 59.3 Å². The lowest BCUT2D eigenvalue weighted by molar-refractivity contribution is 0.359. The summed E-state index contributed by atoms with van der Waals surface area (Å²) >= 11 is 0. The zero-order valence-electron chi connectivity index (χ0n) is 9.03. The fourth-order valence-electron chi connectivity index (χ4n) is 1.38. The first-order chi connectivity index (χ1) is 5.68. The largest absolute Gasteiger partial charge is 0.103 e. The van der Waals surface area contributed by atoms with Crippen LogP contribution in [0.4, 0.5) is 0 Å². The van der Waals surface area contributed by atoms with E-state index < -0.39 is 0 Å². The van der Waals surface area contributed by atoms with Crippen LogP contribution in [0, 0.1) is 5.41 Å². The molecular formula is C12H24. The van der Waals surface area contributed by atoms with Gasteiger partial charge in [0, 0.05) is 0 Å². The number of hydrogen-bond donors (Lipinski definition) is 0. The van der Waals surface area contributed by atoms with Crippen molar-refractivity contribution in [2.24, 2.45) is 5.41 Å². The second-order valence-electron chi connectivity index (χ2n) is 4.02. The molecule has 0 aliphatic rings. The van der Waals surface area contributed by atoms with E-state index in [1.54, 1.807) is 0 Å². The van der Waals surface area contributed by atoms with E-state index in [0.717, 1.165) is 0 Å². The maximum absolute atomic E-state index is 3.90. The van der Waals surface area contributed by atoms with Crippen molar-refractivity contribution in [3.05, 3.63) is 12.7 Å². The Morgan fingerprint density at radius 1 is 1.17 bits per heavy atom. The molecule has 72 valence electrons. The highest BCUT2D eigenvalue weighted by atomic mass is 14.2. The van der Waals surface area contributed by atoms with E-state index in [2.05, 4.69) is 33.4 Å². The summed E-state index contributed by atoms with van der Waals surface area (Å²) in [6, 6.07) is 0. The molecule has 0 amide bonds. The molecular weight excluding hydrogens is 144 g/mol. The smallest absolute Gasteiger partial charge is 0.0152 e. The molecule has 0 aromatic rings. The van der Waals surface area contributed by atoms with Crippen LogP contribution in [0.2, 0.25) is 0 Å². The SMILES string of the molecule is C=CC(C)(CC)CCCCCC. The predicted octanol–water partition coefficient (Wildman–Crippen LogP) is 4.56. The summed E-state index contributed by atoms with van der Waals surface area (Å²) in [5, 5.41) is 0. The van der Waals surface area contributed by atoms with Crippen molar-refractivity contribution < 1.29 is 0 Å². The van der Waals surface area contributed by atoms with Crippen LogP contribution in [-0.2, 0) is 0 Å². The molecule has 0 fully saturated rings. The summed E-state index contributed by atoms with van der Waals surface area (Å²) in [6.45, 7) is 10.7. The van der Waals surface area contributed by atoms with Crippen molar-refractivity contribution >= 4 is 0 Å². The molecule has 0 aliphatic heterocycles. The molecule has 0 aromatic heterocycles. The lowest BCUT2D eigenvalue weighted by Crippen LogP contribution is -2.10. The summed E-state index contributed by atoms with van der Waals surface area (Å²) in [6.07, 6.45) is 10.1. The van der Waals surface area contributed by atoms with Crippen molar-refractivity contribution in [2.45, 2.75) is 59.3 Å². The van der Waals surface area contributed by atoms with Crippen LogP contribution in [0.15, 0.2) is 12.7 Å². The van der Waals surface area contributed by atoms with Crippen molar-refractivity contribution in [2.75, 3.05) is 0 Å². The van der Waals surface area contributed by atoms with Gasteiger partial charge in [-0.05, 0) is 18.3 Å². The normalized spacial score (nSPS) is 15.6. The first-order valence-corrected chi connectivity index (χ1v) is 5.32. The fraction of sp³-hybridized carbons (Fsp3) is 0.833. The van der Waals surface area contributed by atoms with Crippen LogP contribution in [0.3, 0.4) is 0 Å². The van der Waals surface area contributed by atoms with Gasteiger partial charge in [-0.25, -0.2) is 0 Å². The monoisotopic (exact) mass is 168 g/mol. The molecule has 0 heterocycles. The van der Waals surface area contributed by atoms with Crippen LogP contribution in [0.25, 0.3) is 0 Å². The van der Waals surface area contributed by atoms with Crippen molar-refractivity contribution in [1.29, 1.82) is 0 Å². The zero-order valence-corrected chi connectivity index (χ0v) is 9.03. The first kappa shape index (κ1) is 11.7. The minimum absolute atomic E-state index is 0.397. The Hall–Kier alpha value is -0.260. The highest BCUT2D eigenvalue weighted by molar-refractivity contribution is 4.89. The Labute approximate surface area is 78.1 Å². The summed E-state index contributed by atoms with van der Waals surface area (Å²) in [5.41, 5.74) is 0.397. The van der Waals surface area contributed by atoms with Crippen LogP contribution >= 0.6 is 0 Å². The Bertz CT molecular complexity index is 115. The van der Waals surface area contributed by atoms with Gasteiger partial charge >= 0.3 is 0 Å². The number of hydrogen-bond acceptors (Lipinski definition) is 0. The number of allylic oxidation sites excluding steroid dienone is 1. The Kier molecular flexibility index (Phi) is 6.14. The molecule has 1 unspecified atom stereocenters. The standard InChI is InChI=1S/C12H24/c1-5-8-9-10-11-12(4,6-2)7-3/h6H,2,5,7-11H2,1,3-4H3. The molecule has 0 saturated carbocycles. The average Bonchev–Trinajstić information content (AvgIpc) is 2.12. The maximum Gasteiger partial charge on any atom is -0.0152 e. The van der Waals surface area contributed by atoms with Crippen molar-refractivity contribution in [3.8, 4) is 0 Å². The minimum atomic E-state index is 0.397. The highest BCUT2D eigenvalue weighted by Crippen LogP contribution is 2.29. The van der Waals surface area contributed by atoms with Crippen LogP contribution < -0.4 is 0 Å². The van der Waals surface area contributed by atoms with Gasteiger partial charge in [-0.3, -0.25) is 0 Å². The maximum atomic E-state index is 3.90. The van der Waals surface area contributed by atoms with Gasteiger partial charge in [0.1, 0.15) is 0 Å². The molecule has 0 bridgehead atoms. The third kappa shape index (κ3) is 4.58. The highest BCUT2D eigenvalue weighted by Gasteiger charge is 2.15. The van der Waals surface area contributed by atoms with E-state index in [0.29, 0.717) is 5.41 Å². The van der Waals surface area contributed by atoms with Gasteiger partial charge in [-0.1, -0.05) is 52.5 Å². The predicted molar refractivity (Wildman–Crippen MR) is 57.4 cm³/mol. The topological polar surface area (TPSA) is 0 Å². The minimum Gasteiger partial charge on any atom is -0.103 e. The van der Waals surface area contributed by atoms with Crippen molar-refractivity contribution in [3.63, 3.8) is 0 Å². The van der Waals surface area contributed by atoms with E-state index in [9.17, 15) is 0 Å². The van der Waals surface area contributed by atoms with E-state index >= 15 is 0 Å². The molecule has 12 heavy (non-hydrogen) atoms. The van der Waals surface area contributed by atoms with E-state index in [1.165, 1.54) is 38.5 Å². The Morgan fingerprint density at radius 3 is 2.25 bits per heavy atom. The van der Waals surface area contributed by atoms with Gasteiger partial charge in [0.05, 0.1) is 0 Å². The van der Waals surface area contributed by atoms with Gasteiger partial charge in [0.25, 0.3) is 0 Å². The molecule has 0 N–H and O–H groups in total. The van der Waals surface area contributed by atoms with Gasteiger partial charge in [0.2, 0.25) is 0 Å². The molecule has 0 heteroatoms. The third-order valence-electron chi connectivity index (χ3n) is 2.90.